The molecule has 0 bridgehead atoms. The zero-order valence-electron chi connectivity index (χ0n) is 17.0. The van der Waals surface area contributed by atoms with Crippen molar-refractivity contribution in [2.24, 2.45) is 0 Å². The van der Waals surface area contributed by atoms with Gasteiger partial charge in [-0.1, -0.05) is 12.1 Å². The van der Waals surface area contributed by atoms with Gasteiger partial charge in [0.1, 0.15) is 5.75 Å². The van der Waals surface area contributed by atoms with Crippen LogP contribution in [-0.4, -0.2) is 67.4 Å². The molecule has 32 heavy (non-hydrogen) atoms. The molecule has 2 aliphatic rings. The van der Waals surface area contributed by atoms with E-state index in [0.717, 1.165) is 17.7 Å². The third kappa shape index (κ3) is 4.70. The lowest BCUT2D eigenvalue weighted by Crippen LogP contribution is -2.60. The first kappa shape index (κ1) is 24.7. The van der Waals surface area contributed by atoms with Gasteiger partial charge >= 0.3 is 12.5 Å². The van der Waals surface area contributed by atoms with Gasteiger partial charge in [-0.15, -0.1) is 0 Å². The molecule has 180 valence electrons. The van der Waals surface area contributed by atoms with E-state index in [1.807, 2.05) is 0 Å². The van der Waals surface area contributed by atoms with Crippen molar-refractivity contribution in [2.45, 2.75) is 48.9 Å². The van der Waals surface area contributed by atoms with Gasteiger partial charge in [0.15, 0.2) is 4.75 Å². The first-order chi connectivity index (χ1) is 15.0. The van der Waals surface area contributed by atoms with Gasteiger partial charge < -0.3 is 9.47 Å². The SMILES string of the molecule is O=C(NO)C1(S(=O)(=O)N2CCC(c3ccc(OC(F)(F)C(F)F)cc3)CC2)CCOCC1. The number of nitrogens with zero attached hydrogens (tertiary/aromatic N) is 1. The number of alkyl halides is 4. The fourth-order valence-corrected chi connectivity index (χ4v) is 6.24. The number of carbonyl (C=O) groups excluding carboxylic acids is 1. The van der Waals surface area contributed by atoms with Gasteiger partial charge in [-0.2, -0.15) is 17.6 Å². The van der Waals surface area contributed by atoms with Crippen molar-refractivity contribution >= 4 is 15.9 Å². The Morgan fingerprint density at radius 1 is 1.19 bits per heavy atom. The number of benzene rings is 1. The van der Waals surface area contributed by atoms with E-state index in [-0.39, 0.29) is 45.1 Å². The summed E-state index contributed by atoms with van der Waals surface area (Å²) < 4.78 is 85.8. The smallest absolute Gasteiger partial charge is 0.428 e. The zero-order chi connectivity index (χ0) is 23.6. The van der Waals surface area contributed by atoms with Gasteiger partial charge in [0, 0.05) is 39.1 Å². The van der Waals surface area contributed by atoms with Crippen LogP contribution >= 0.6 is 0 Å². The molecule has 1 aromatic rings. The Labute approximate surface area is 182 Å². The molecule has 2 heterocycles. The van der Waals surface area contributed by atoms with Crippen molar-refractivity contribution in [3.05, 3.63) is 29.8 Å². The van der Waals surface area contributed by atoms with E-state index in [9.17, 15) is 30.8 Å². The van der Waals surface area contributed by atoms with Crippen LogP contribution in [0.3, 0.4) is 0 Å². The van der Waals surface area contributed by atoms with E-state index in [0.29, 0.717) is 12.8 Å². The first-order valence-electron chi connectivity index (χ1n) is 10.0. The number of hydrogen-bond donors (Lipinski definition) is 2. The number of amides is 1. The van der Waals surface area contributed by atoms with Crippen LogP contribution in [0.2, 0.25) is 0 Å². The van der Waals surface area contributed by atoms with Crippen LogP contribution in [0.1, 0.15) is 37.2 Å². The maximum absolute atomic E-state index is 13.3. The minimum atomic E-state index is -4.60. The molecule has 0 aliphatic carbocycles. The van der Waals surface area contributed by atoms with Gasteiger partial charge in [0.05, 0.1) is 0 Å². The molecular formula is C19H24F4N2O6S. The molecule has 0 atom stereocenters. The average molecular weight is 484 g/mol. The highest BCUT2D eigenvalue weighted by Gasteiger charge is 2.54. The fourth-order valence-electron chi connectivity index (χ4n) is 4.09. The lowest BCUT2D eigenvalue weighted by molar-refractivity contribution is -0.253. The Morgan fingerprint density at radius 3 is 2.25 bits per heavy atom. The predicted octanol–water partition coefficient (Wildman–Crippen LogP) is 2.49. The van der Waals surface area contributed by atoms with Gasteiger partial charge in [-0.25, -0.2) is 18.2 Å². The molecule has 13 heteroatoms. The van der Waals surface area contributed by atoms with E-state index in [1.54, 1.807) is 0 Å². The fraction of sp³-hybridized carbons (Fsp3) is 0.632. The number of piperidine rings is 1. The Kier molecular flexibility index (Phi) is 7.32. The van der Waals surface area contributed by atoms with Crippen LogP contribution in [0.25, 0.3) is 0 Å². The first-order valence-corrected chi connectivity index (χ1v) is 11.4. The van der Waals surface area contributed by atoms with Crippen LogP contribution in [0.15, 0.2) is 24.3 Å². The molecule has 0 unspecified atom stereocenters. The number of carbonyl (C=O) groups is 1. The number of nitrogens with one attached hydrogen (secondary N) is 1. The Morgan fingerprint density at radius 2 is 1.75 bits per heavy atom. The van der Waals surface area contributed by atoms with Crippen molar-refractivity contribution in [3.63, 3.8) is 0 Å². The highest BCUT2D eigenvalue weighted by Crippen LogP contribution is 2.37. The molecule has 8 nitrogen and oxygen atoms in total. The maximum Gasteiger partial charge on any atom is 0.461 e. The Hall–Kier alpha value is -1.96. The van der Waals surface area contributed by atoms with Gasteiger partial charge in [-0.3, -0.25) is 10.0 Å². The summed E-state index contributed by atoms with van der Waals surface area (Å²) in [6.45, 7) is 0.385. The average Bonchev–Trinajstić information content (AvgIpc) is 2.79. The third-order valence-electron chi connectivity index (χ3n) is 5.96. The topological polar surface area (TPSA) is 105 Å². The number of halogens is 4. The molecule has 3 rings (SSSR count). The second-order valence-electron chi connectivity index (χ2n) is 7.76. The van der Waals surface area contributed by atoms with Crippen LogP contribution < -0.4 is 10.2 Å². The molecule has 0 spiro atoms. The normalized spacial score (nSPS) is 20.8. The second-order valence-corrected chi connectivity index (χ2v) is 10.0. The quantitative estimate of drug-likeness (QED) is 0.350. The lowest BCUT2D eigenvalue weighted by Gasteiger charge is -2.40. The highest BCUT2D eigenvalue weighted by molar-refractivity contribution is 7.91. The number of sulfonamides is 1. The van der Waals surface area contributed by atoms with Gasteiger partial charge in [0.2, 0.25) is 10.0 Å². The summed E-state index contributed by atoms with van der Waals surface area (Å²) in [7, 11) is -4.09. The standard InChI is InChI=1S/C19H24F4N2O6S/c20-16(21)19(22,23)31-15-3-1-13(2-4-15)14-5-9-25(10-6-14)32(28,29)18(17(26)24-27)7-11-30-12-8-18/h1-4,14,16,27H,5-12H2,(H,24,26). The molecule has 2 fully saturated rings. The summed E-state index contributed by atoms with van der Waals surface area (Å²) in [5.74, 6) is -1.49. The second kappa shape index (κ2) is 9.49. The number of ether oxygens (including phenoxy) is 2. The van der Waals surface area contributed by atoms with Crippen molar-refractivity contribution in [2.75, 3.05) is 26.3 Å². The monoisotopic (exact) mass is 484 g/mol. The van der Waals surface area contributed by atoms with E-state index < -0.39 is 39.0 Å². The molecule has 2 N–H and O–H groups in total. The van der Waals surface area contributed by atoms with Crippen LogP contribution in [0.4, 0.5) is 17.6 Å². The minimum Gasteiger partial charge on any atom is -0.428 e. The molecule has 0 radical (unpaired) electrons. The number of hydrogen-bond acceptors (Lipinski definition) is 6. The van der Waals surface area contributed by atoms with Gasteiger partial charge in [0.25, 0.3) is 5.91 Å². The Bertz CT molecular complexity index is 899. The lowest BCUT2D eigenvalue weighted by atomic mass is 9.90. The summed E-state index contributed by atoms with van der Waals surface area (Å²) in [5.41, 5.74) is 2.20. The van der Waals surface area contributed by atoms with Crippen LogP contribution in [0.5, 0.6) is 5.75 Å². The largest absolute Gasteiger partial charge is 0.461 e. The van der Waals surface area contributed by atoms with Crippen molar-refractivity contribution < 1.29 is 45.5 Å². The summed E-state index contributed by atoms with van der Waals surface area (Å²) >= 11 is 0. The summed E-state index contributed by atoms with van der Waals surface area (Å²) in [6.07, 6.45) is -7.90. The van der Waals surface area contributed by atoms with Crippen molar-refractivity contribution in [1.82, 2.24) is 9.79 Å². The van der Waals surface area contributed by atoms with E-state index >= 15 is 0 Å². The van der Waals surface area contributed by atoms with E-state index in [2.05, 4.69) is 4.74 Å². The highest BCUT2D eigenvalue weighted by atomic mass is 32.2. The Balaban J connectivity index is 1.67. The minimum absolute atomic E-state index is 0.0716. The van der Waals surface area contributed by atoms with E-state index in [4.69, 9.17) is 9.94 Å². The summed E-state index contributed by atoms with van der Waals surface area (Å²) in [5, 5.41) is 9.11. The van der Waals surface area contributed by atoms with E-state index in [1.165, 1.54) is 21.9 Å². The molecule has 1 aromatic carbocycles. The third-order valence-corrected chi connectivity index (χ3v) is 8.59. The zero-order valence-corrected chi connectivity index (χ0v) is 17.8. The summed E-state index contributed by atoms with van der Waals surface area (Å²) in [6, 6.07) is 5.28. The van der Waals surface area contributed by atoms with Crippen LogP contribution in [0, 0.1) is 0 Å². The van der Waals surface area contributed by atoms with Crippen molar-refractivity contribution in [3.8, 4) is 5.75 Å². The summed E-state index contributed by atoms with van der Waals surface area (Å²) in [4.78, 5) is 12.3. The predicted molar refractivity (Wildman–Crippen MR) is 103 cm³/mol. The van der Waals surface area contributed by atoms with Crippen LogP contribution in [-0.2, 0) is 19.6 Å². The molecule has 1 amide bonds. The molecule has 0 aromatic heterocycles. The molecule has 2 saturated heterocycles. The molecular weight excluding hydrogens is 460 g/mol. The van der Waals surface area contributed by atoms with Crippen molar-refractivity contribution in [1.29, 1.82) is 0 Å². The molecule has 0 saturated carbocycles. The number of rotatable bonds is 7. The maximum atomic E-state index is 13.3. The van der Waals surface area contributed by atoms with Gasteiger partial charge in [-0.05, 0) is 36.5 Å². The number of hydroxylamine groups is 1. The molecule has 2 aliphatic heterocycles.